The summed E-state index contributed by atoms with van der Waals surface area (Å²) in [6.45, 7) is 0.0232. The fourth-order valence-corrected chi connectivity index (χ4v) is 1.19. The van der Waals surface area contributed by atoms with Crippen molar-refractivity contribution >= 4 is 5.69 Å². The SMILES string of the molecule is COCCc1c(N)cnn1CC(F)F. The number of methoxy groups -OCH3 is 1. The maximum atomic E-state index is 12.1. The van der Waals surface area contributed by atoms with Crippen LogP contribution in [-0.2, 0) is 17.7 Å². The number of halogens is 2. The molecule has 0 fully saturated rings. The van der Waals surface area contributed by atoms with Crippen molar-refractivity contribution in [2.24, 2.45) is 0 Å². The molecule has 0 aromatic carbocycles. The number of hydrogen-bond acceptors (Lipinski definition) is 3. The number of rotatable bonds is 5. The normalized spacial score (nSPS) is 11.1. The number of nitrogens with two attached hydrogens (primary N) is 1. The van der Waals surface area contributed by atoms with Crippen molar-refractivity contribution in [2.45, 2.75) is 19.4 Å². The van der Waals surface area contributed by atoms with E-state index in [2.05, 4.69) is 5.10 Å². The topological polar surface area (TPSA) is 53.1 Å². The number of nitrogens with zero attached hydrogens (tertiary/aromatic N) is 2. The zero-order chi connectivity index (χ0) is 10.6. The highest BCUT2D eigenvalue weighted by Gasteiger charge is 2.11. The maximum Gasteiger partial charge on any atom is 0.257 e. The van der Waals surface area contributed by atoms with Gasteiger partial charge < -0.3 is 10.5 Å². The van der Waals surface area contributed by atoms with Crippen LogP contribution in [0.5, 0.6) is 0 Å². The van der Waals surface area contributed by atoms with E-state index >= 15 is 0 Å². The maximum absolute atomic E-state index is 12.1. The lowest BCUT2D eigenvalue weighted by atomic mass is 10.3. The summed E-state index contributed by atoms with van der Waals surface area (Å²) in [7, 11) is 1.55. The van der Waals surface area contributed by atoms with Gasteiger partial charge in [0.25, 0.3) is 6.43 Å². The van der Waals surface area contributed by atoms with E-state index < -0.39 is 13.0 Å². The molecule has 0 bridgehead atoms. The molecule has 14 heavy (non-hydrogen) atoms. The second-order valence-corrected chi connectivity index (χ2v) is 2.86. The fourth-order valence-electron chi connectivity index (χ4n) is 1.19. The Bertz CT molecular complexity index is 288. The predicted octanol–water partition coefficient (Wildman–Crippen LogP) is 0.919. The minimum Gasteiger partial charge on any atom is -0.396 e. The van der Waals surface area contributed by atoms with Gasteiger partial charge in [-0.25, -0.2) is 8.78 Å². The average Bonchev–Trinajstić information content (AvgIpc) is 2.44. The third-order valence-corrected chi connectivity index (χ3v) is 1.83. The molecule has 2 N–H and O–H groups in total. The minimum atomic E-state index is -2.42. The van der Waals surface area contributed by atoms with Crippen LogP contribution >= 0.6 is 0 Å². The van der Waals surface area contributed by atoms with Gasteiger partial charge in [-0.05, 0) is 0 Å². The van der Waals surface area contributed by atoms with E-state index in [4.69, 9.17) is 10.5 Å². The summed E-state index contributed by atoms with van der Waals surface area (Å²) in [4.78, 5) is 0. The monoisotopic (exact) mass is 205 g/mol. The van der Waals surface area contributed by atoms with E-state index in [-0.39, 0.29) is 0 Å². The first-order valence-electron chi connectivity index (χ1n) is 4.22. The number of nitrogen functional groups attached to an aromatic ring is 1. The number of anilines is 1. The lowest BCUT2D eigenvalue weighted by Crippen LogP contribution is -2.13. The Morgan fingerprint density at radius 1 is 1.64 bits per heavy atom. The number of hydrogen-bond donors (Lipinski definition) is 1. The summed E-state index contributed by atoms with van der Waals surface area (Å²) in [6, 6.07) is 0. The van der Waals surface area contributed by atoms with E-state index in [9.17, 15) is 8.78 Å². The zero-order valence-corrected chi connectivity index (χ0v) is 7.91. The summed E-state index contributed by atoms with van der Waals surface area (Å²) < 4.78 is 30.3. The van der Waals surface area contributed by atoms with Crippen molar-refractivity contribution in [3.63, 3.8) is 0 Å². The van der Waals surface area contributed by atoms with Crippen LogP contribution < -0.4 is 5.73 Å². The molecule has 6 heteroatoms. The van der Waals surface area contributed by atoms with E-state index in [1.807, 2.05) is 0 Å². The van der Waals surface area contributed by atoms with Crippen molar-refractivity contribution in [1.82, 2.24) is 9.78 Å². The lowest BCUT2D eigenvalue weighted by Gasteiger charge is -2.06. The van der Waals surface area contributed by atoms with Crippen LogP contribution in [0.15, 0.2) is 6.20 Å². The van der Waals surface area contributed by atoms with Crippen LogP contribution in [0.2, 0.25) is 0 Å². The van der Waals surface area contributed by atoms with Crippen LogP contribution in [0.4, 0.5) is 14.5 Å². The van der Waals surface area contributed by atoms with E-state index in [1.54, 1.807) is 7.11 Å². The molecule has 4 nitrogen and oxygen atoms in total. The van der Waals surface area contributed by atoms with Crippen LogP contribution in [0.1, 0.15) is 5.69 Å². The molecule has 1 aromatic rings. The number of aromatic nitrogens is 2. The first kappa shape index (κ1) is 10.9. The third-order valence-electron chi connectivity index (χ3n) is 1.83. The third kappa shape index (κ3) is 2.66. The van der Waals surface area contributed by atoms with Crippen LogP contribution in [0.3, 0.4) is 0 Å². The Balaban J connectivity index is 2.72. The number of ether oxygens (including phenoxy) is 1. The van der Waals surface area contributed by atoms with Gasteiger partial charge >= 0.3 is 0 Å². The van der Waals surface area contributed by atoms with Gasteiger partial charge in [0.1, 0.15) is 6.54 Å². The molecule has 1 aromatic heterocycles. The Hall–Kier alpha value is -1.17. The molecule has 0 spiro atoms. The summed E-state index contributed by atoms with van der Waals surface area (Å²) in [5.74, 6) is 0. The molecule has 0 aliphatic carbocycles. The molecular weight excluding hydrogens is 192 g/mol. The van der Waals surface area contributed by atoms with Crippen LogP contribution in [-0.4, -0.2) is 29.9 Å². The highest BCUT2D eigenvalue weighted by Crippen LogP contribution is 2.13. The molecule has 0 atom stereocenters. The molecule has 0 radical (unpaired) electrons. The highest BCUT2D eigenvalue weighted by molar-refractivity contribution is 5.40. The molecule has 0 saturated carbocycles. The predicted molar refractivity (Wildman–Crippen MR) is 48.2 cm³/mol. The van der Waals surface area contributed by atoms with E-state index in [0.717, 1.165) is 0 Å². The smallest absolute Gasteiger partial charge is 0.257 e. The van der Waals surface area contributed by atoms with Crippen LogP contribution in [0.25, 0.3) is 0 Å². The van der Waals surface area contributed by atoms with Crippen molar-refractivity contribution in [3.8, 4) is 0 Å². The minimum absolute atomic E-state index is 0.420. The molecule has 0 aliphatic rings. The quantitative estimate of drug-likeness (QED) is 0.777. The van der Waals surface area contributed by atoms with E-state index in [1.165, 1.54) is 10.9 Å². The molecule has 1 heterocycles. The molecule has 0 saturated heterocycles. The summed E-state index contributed by atoms with van der Waals surface area (Å²) >= 11 is 0. The van der Waals surface area contributed by atoms with E-state index in [0.29, 0.717) is 24.4 Å². The Morgan fingerprint density at radius 3 is 2.93 bits per heavy atom. The van der Waals surface area contributed by atoms with Gasteiger partial charge in [-0.1, -0.05) is 0 Å². The highest BCUT2D eigenvalue weighted by atomic mass is 19.3. The Labute approximate surface area is 80.6 Å². The van der Waals surface area contributed by atoms with Gasteiger partial charge in [0, 0.05) is 13.5 Å². The second-order valence-electron chi connectivity index (χ2n) is 2.86. The molecule has 0 amide bonds. The van der Waals surface area contributed by atoms with Crippen molar-refractivity contribution in [1.29, 1.82) is 0 Å². The van der Waals surface area contributed by atoms with Gasteiger partial charge in [0.15, 0.2) is 0 Å². The fraction of sp³-hybridized carbons (Fsp3) is 0.625. The summed E-state index contributed by atoms with van der Waals surface area (Å²) in [6.07, 6.45) is -0.543. The van der Waals surface area contributed by atoms with Gasteiger partial charge in [-0.15, -0.1) is 0 Å². The van der Waals surface area contributed by atoms with Crippen molar-refractivity contribution in [3.05, 3.63) is 11.9 Å². The second kappa shape index (κ2) is 4.90. The first-order chi connectivity index (χ1) is 6.65. The zero-order valence-electron chi connectivity index (χ0n) is 7.91. The molecular formula is C8H13F2N3O. The molecule has 80 valence electrons. The standard InChI is InChI=1S/C8H13F2N3O/c1-14-3-2-7-6(11)4-12-13(7)5-8(9)10/h4,8H,2-3,5,11H2,1H3. The van der Waals surface area contributed by atoms with Gasteiger partial charge in [0.2, 0.25) is 0 Å². The van der Waals surface area contributed by atoms with Gasteiger partial charge in [0.05, 0.1) is 24.2 Å². The van der Waals surface area contributed by atoms with Gasteiger partial charge in [-0.2, -0.15) is 5.10 Å². The van der Waals surface area contributed by atoms with Crippen LogP contribution in [0, 0.1) is 0 Å². The average molecular weight is 205 g/mol. The Morgan fingerprint density at radius 2 is 2.36 bits per heavy atom. The number of alkyl halides is 2. The molecule has 0 unspecified atom stereocenters. The Kier molecular flexibility index (Phi) is 3.82. The van der Waals surface area contributed by atoms with Gasteiger partial charge in [-0.3, -0.25) is 4.68 Å². The first-order valence-corrected chi connectivity index (χ1v) is 4.22. The van der Waals surface area contributed by atoms with Crippen molar-refractivity contribution in [2.75, 3.05) is 19.5 Å². The lowest BCUT2D eigenvalue weighted by molar-refractivity contribution is 0.119. The molecule has 1 rings (SSSR count). The molecule has 0 aliphatic heterocycles. The summed E-state index contributed by atoms with van der Waals surface area (Å²) in [5.41, 5.74) is 6.61. The summed E-state index contributed by atoms with van der Waals surface area (Å²) in [5, 5.41) is 3.76. The largest absolute Gasteiger partial charge is 0.396 e. The van der Waals surface area contributed by atoms with Crippen molar-refractivity contribution < 1.29 is 13.5 Å².